The number of nitriles is 1. The van der Waals surface area contributed by atoms with Crippen LogP contribution in [0.5, 0.6) is 0 Å². The first kappa shape index (κ1) is 12.1. The summed E-state index contributed by atoms with van der Waals surface area (Å²) < 4.78 is 0. The summed E-state index contributed by atoms with van der Waals surface area (Å²) in [6, 6.07) is 7.30. The number of aliphatic carboxylic acids is 1. The van der Waals surface area contributed by atoms with Gasteiger partial charge >= 0.3 is 5.97 Å². The largest absolute Gasteiger partial charge is 0.481 e. The van der Waals surface area contributed by atoms with Crippen LogP contribution < -0.4 is 5.32 Å². The molecular weight excluding hydrogens is 204 g/mol. The lowest BCUT2D eigenvalue weighted by Gasteiger charge is -2.13. The number of anilines is 1. The van der Waals surface area contributed by atoms with Gasteiger partial charge in [-0.05, 0) is 37.6 Å². The summed E-state index contributed by atoms with van der Waals surface area (Å²) in [6.07, 6.45) is 0.0685. The van der Waals surface area contributed by atoms with Gasteiger partial charge in [-0.15, -0.1) is 0 Å². The molecule has 4 heteroatoms. The average Bonchev–Trinajstić information content (AvgIpc) is 2.16. The van der Waals surface area contributed by atoms with Crippen LogP contribution in [0, 0.1) is 18.3 Å². The molecule has 0 saturated carbocycles. The van der Waals surface area contributed by atoms with Crippen molar-refractivity contribution in [3.63, 3.8) is 0 Å². The lowest BCUT2D eigenvalue weighted by molar-refractivity contribution is -0.137. The molecule has 0 heterocycles. The van der Waals surface area contributed by atoms with Gasteiger partial charge in [0.1, 0.15) is 0 Å². The summed E-state index contributed by atoms with van der Waals surface area (Å²) in [5.41, 5.74) is 2.36. The van der Waals surface area contributed by atoms with E-state index in [-0.39, 0.29) is 12.5 Å². The van der Waals surface area contributed by atoms with Crippen molar-refractivity contribution in [1.82, 2.24) is 0 Å². The Labute approximate surface area is 94.5 Å². The first-order valence-corrected chi connectivity index (χ1v) is 5.02. The van der Waals surface area contributed by atoms with Crippen molar-refractivity contribution in [2.24, 2.45) is 0 Å². The van der Waals surface area contributed by atoms with E-state index in [4.69, 9.17) is 10.4 Å². The number of carboxylic acid groups (broad SMARTS) is 1. The van der Waals surface area contributed by atoms with Crippen LogP contribution in [0.3, 0.4) is 0 Å². The Morgan fingerprint density at radius 3 is 2.81 bits per heavy atom. The minimum absolute atomic E-state index is 0.0685. The van der Waals surface area contributed by atoms with Crippen molar-refractivity contribution < 1.29 is 9.90 Å². The first-order chi connectivity index (χ1) is 7.52. The lowest BCUT2D eigenvalue weighted by Crippen LogP contribution is -2.19. The predicted molar refractivity (Wildman–Crippen MR) is 61.2 cm³/mol. The monoisotopic (exact) mass is 218 g/mol. The Kier molecular flexibility index (Phi) is 3.90. The highest BCUT2D eigenvalue weighted by atomic mass is 16.4. The standard InChI is InChI=1S/C12H14N2O2/c1-8-5-11(4-3-10(8)7-13)14-9(2)6-12(15)16/h3-5,9,14H,6H2,1-2H3,(H,15,16). The van der Waals surface area contributed by atoms with Crippen LogP contribution in [-0.2, 0) is 4.79 Å². The normalized spacial score (nSPS) is 11.6. The third kappa shape index (κ3) is 3.28. The highest BCUT2D eigenvalue weighted by Crippen LogP contribution is 2.15. The fraction of sp³-hybridized carbons (Fsp3) is 0.333. The molecule has 0 bridgehead atoms. The maximum Gasteiger partial charge on any atom is 0.305 e. The zero-order valence-electron chi connectivity index (χ0n) is 9.32. The second kappa shape index (κ2) is 5.17. The maximum atomic E-state index is 10.5. The summed E-state index contributed by atoms with van der Waals surface area (Å²) in [5.74, 6) is -0.828. The van der Waals surface area contributed by atoms with Gasteiger partial charge in [-0.2, -0.15) is 5.26 Å². The van der Waals surface area contributed by atoms with Gasteiger partial charge in [0.15, 0.2) is 0 Å². The fourth-order valence-corrected chi connectivity index (χ4v) is 1.48. The molecule has 0 aliphatic carbocycles. The fourth-order valence-electron chi connectivity index (χ4n) is 1.48. The van der Waals surface area contributed by atoms with E-state index in [0.29, 0.717) is 5.56 Å². The second-order valence-electron chi connectivity index (χ2n) is 3.78. The number of nitrogens with one attached hydrogen (secondary N) is 1. The third-order valence-electron chi connectivity index (χ3n) is 2.24. The first-order valence-electron chi connectivity index (χ1n) is 5.02. The Bertz CT molecular complexity index is 435. The second-order valence-corrected chi connectivity index (χ2v) is 3.78. The highest BCUT2D eigenvalue weighted by Gasteiger charge is 2.07. The summed E-state index contributed by atoms with van der Waals surface area (Å²) in [6.45, 7) is 3.66. The third-order valence-corrected chi connectivity index (χ3v) is 2.24. The lowest BCUT2D eigenvalue weighted by atomic mass is 10.1. The molecule has 0 aliphatic heterocycles. The number of carboxylic acids is 1. The van der Waals surface area contributed by atoms with Gasteiger partial charge in [-0.1, -0.05) is 0 Å². The number of hydrogen-bond acceptors (Lipinski definition) is 3. The van der Waals surface area contributed by atoms with Crippen LogP contribution in [0.25, 0.3) is 0 Å². The molecule has 0 radical (unpaired) electrons. The molecule has 84 valence electrons. The quantitative estimate of drug-likeness (QED) is 0.812. The number of rotatable bonds is 4. The molecule has 16 heavy (non-hydrogen) atoms. The van der Waals surface area contributed by atoms with Crippen molar-refractivity contribution in [3.05, 3.63) is 29.3 Å². The van der Waals surface area contributed by atoms with Crippen LogP contribution in [0.1, 0.15) is 24.5 Å². The minimum Gasteiger partial charge on any atom is -0.481 e. The van der Waals surface area contributed by atoms with Crippen LogP contribution in [0.15, 0.2) is 18.2 Å². The Hall–Kier alpha value is -2.02. The van der Waals surface area contributed by atoms with Crippen LogP contribution in [-0.4, -0.2) is 17.1 Å². The van der Waals surface area contributed by atoms with Gasteiger partial charge in [0.2, 0.25) is 0 Å². The van der Waals surface area contributed by atoms with Crippen molar-refractivity contribution >= 4 is 11.7 Å². The summed E-state index contributed by atoms with van der Waals surface area (Å²) in [5, 5.41) is 20.5. The van der Waals surface area contributed by atoms with Gasteiger partial charge in [-0.25, -0.2) is 0 Å². The van der Waals surface area contributed by atoms with Gasteiger partial charge in [0, 0.05) is 11.7 Å². The van der Waals surface area contributed by atoms with Crippen molar-refractivity contribution in [1.29, 1.82) is 5.26 Å². The zero-order valence-corrected chi connectivity index (χ0v) is 9.32. The maximum absolute atomic E-state index is 10.5. The molecule has 1 aromatic rings. The number of carbonyl (C=O) groups is 1. The zero-order chi connectivity index (χ0) is 12.1. The SMILES string of the molecule is Cc1cc(NC(C)CC(=O)O)ccc1C#N. The number of aryl methyl sites for hydroxylation is 1. The van der Waals surface area contributed by atoms with Crippen molar-refractivity contribution in [2.75, 3.05) is 5.32 Å². The molecule has 2 N–H and O–H groups in total. The molecule has 0 amide bonds. The van der Waals surface area contributed by atoms with E-state index in [1.54, 1.807) is 12.1 Å². The Balaban J connectivity index is 2.72. The minimum atomic E-state index is -0.828. The van der Waals surface area contributed by atoms with Crippen molar-refractivity contribution in [3.8, 4) is 6.07 Å². The summed E-state index contributed by atoms with van der Waals surface area (Å²) in [4.78, 5) is 10.5. The molecule has 4 nitrogen and oxygen atoms in total. The Morgan fingerprint density at radius 2 is 2.31 bits per heavy atom. The molecular formula is C12H14N2O2. The van der Waals surface area contributed by atoms with Gasteiger partial charge in [-0.3, -0.25) is 4.79 Å². The Morgan fingerprint density at radius 1 is 1.62 bits per heavy atom. The van der Waals surface area contributed by atoms with E-state index in [2.05, 4.69) is 11.4 Å². The summed E-state index contributed by atoms with van der Waals surface area (Å²) >= 11 is 0. The van der Waals surface area contributed by atoms with E-state index in [1.165, 1.54) is 0 Å². The molecule has 0 fully saturated rings. The van der Waals surface area contributed by atoms with E-state index in [9.17, 15) is 4.79 Å². The number of nitrogens with zero attached hydrogens (tertiary/aromatic N) is 1. The smallest absolute Gasteiger partial charge is 0.305 e. The molecule has 0 spiro atoms. The average molecular weight is 218 g/mol. The van der Waals surface area contributed by atoms with Gasteiger partial charge in [0.05, 0.1) is 18.1 Å². The molecule has 1 unspecified atom stereocenters. The van der Waals surface area contributed by atoms with E-state index in [0.717, 1.165) is 11.3 Å². The molecule has 1 atom stereocenters. The van der Waals surface area contributed by atoms with Crippen LogP contribution in [0.4, 0.5) is 5.69 Å². The van der Waals surface area contributed by atoms with E-state index >= 15 is 0 Å². The van der Waals surface area contributed by atoms with Crippen molar-refractivity contribution in [2.45, 2.75) is 26.3 Å². The topological polar surface area (TPSA) is 73.1 Å². The van der Waals surface area contributed by atoms with E-state index in [1.807, 2.05) is 19.9 Å². The molecule has 1 rings (SSSR count). The molecule has 0 aliphatic rings. The molecule has 0 saturated heterocycles. The van der Waals surface area contributed by atoms with Crippen LogP contribution >= 0.6 is 0 Å². The number of hydrogen-bond donors (Lipinski definition) is 2. The van der Waals surface area contributed by atoms with Gasteiger partial charge < -0.3 is 10.4 Å². The van der Waals surface area contributed by atoms with E-state index < -0.39 is 5.97 Å². The predicted octanol–water partition coefficient (Wildman–Crippen LogP) is 2.14. The number of benzene rings is 1. The molecule has 0 aromatic heterocycles. The van der Waals surface area contributed by atoms with Gasteiger partial charge in [0.25, 0.3) is 0 Å². The molecule has 1 aromatic carbocycles. The summed E-state index contributed by atoms with van der Waals surface area (Å²) in [7, 11) is 0. The van der Waals surface area contributed by atoms with Crippen LogP contribution in [0.2, 0.25) is 0 Å². The highest BCUT2D eigenvalue weighted by molar-refractivity contribution is 5.68.